The number of aliphatic hydroxyl groups excluding tert-OH is 1. The molecule has 10 heteroatoms. The normalized spacial score (nSPS) is 34.9. The molecule has 1 saturated heterocycles. The van der Waals surface area contributed by atoms with Gasteiger partial charge in [0.25, 0.3) is 5.56 Å². The molecule has 1 aliphatic heterocycles. The van der Waals surface area contributed by atoms with Gasteiger partial charge in [-0.1, -0.05) is 17.5 Å². The Kier molecular flexibility index (Phi) is 3.44. The Bertz CT molecular complexity index is 752. The molecule has 4 atom stereocenters. The minimum atomic E-state index is -2.98. The monoisotopic (exact) mass is 323 g/mol. The summed E-state index contributed by atoms with van der Waals surface area (Å²) in [6.45, 7) is -2.98. The Morgan fingerprint density at radius 3 is 2.95 bits per heavy atom. The zero-order valence-corrected chi connectivity index (χ0v) is 11.1. The molecule has 8 nitrogen and oxygen atoms in total. The van der Waals surface area contributed by atoms with Crippen LogP contribution < -0.4 is 11.2 Å². The van der Waals surface area contributed by atoms with Gasteiger partial charge in [-0.15, -0.1) is 0 Å². The second-order valence-electron chi connectivity index (χ2n) is 3.85. The van der Waals surface area contributed by atoms with Crippen molar-refractivity contribution in [3.05, 3.63) is 27.0 Å². The van der Waals surface area contributed by atoms with Crippen molar-refractivity contribution in [2.45, 2.75) is 23.3 Å². The third kappa shape index (κ3) is 2.34. The predicted octanol–water partition coefficient (Wildman–Crippen LogP) is -1.64. The third-order valence-electron chi connectivity index (χ3n) is 2.68. The molecule has 1 aliphatic rings. The summed E-state index contributed by atoms with van der Waals surface area (Å²) in [6.07, 6.45) is -4.52. The molecular weight excluding hydrogens is 313 g/mol. The number of alkyl halides is 1. The van der Waals surface area contributed by atoms with Crippen LogP contribution in [0.15, 0.2) is 15.8 Å². The molecule has 2 heterocycles. The van der Waals surface area contributed by atoms with Crippen LogP contribution in [0.5, 0.6) is 0 Å². The van der Waals surface area contributed by atoms with E-state index in [1.165, 1.54) is 0 Å². The van der Waals surface area contributed by atoms with Gasteiger partial charge in [-0.3, -0.25) is 9.78 Å². The van der Waals surface area contributed by atoms with E-state index in [-0.39, 0.29) is 0 Å². The number of H-pyrrole nitrogens is 1. The van der Waals surface area contributed by atoms with Crippen molar-refractivity contribution in [1.29, 1.82) is 0 Å². The quantitative estimate of drug-likeness (QED) is 0.444. The van der Waals surface area contributed by atoms with Gasteiger partial charge in [0, 0.05) is 5.38 Å². The number of halogens is 2. The summed E-state index contributed by atoms with van der Waals surface area (Å²) in [5.41, 5.74) is -1.80. The van der Waals surface area contributed by atoms with Crippen molar-refractivity contribution >= 4 is 23.2 Å². The average molecular weight is 324 g/mol. The molecular formula is C10H9Cl2N3O5. The van der Waals surface area contributed by atoms with Crippen LogP contribution in [0.25, 0.3) is 0 Å². The summed E-state index contributed by atoms with van der Waals surface area (Å²) >= 11 is 11.4. The molecule has 0 spiro atoms. The zero-order valence-electron chi connectivity index (χ0n) is 11.6. The molecule has 1 aromatic rings. The van der Waals surface area contributed by atoms with Crippen LogP contribution >= 0.6 is 23.2 Å². The summed E-state index contributed by atoms with van der Waals surface area (Å²) in [4.78, 5) is 22.6. The number of rotatable bonds is 2. The van der Waals surface area contributed by atoms with E-state index in [9.17, 15) is 19.8 Å². The lowest BCUT2D eigenvalue weighted by atomic mass is 10.00. The van der Waals surface area contributed by atoms with Gasteiger partial charge in [0.15, 0.2) is 11.1 Å². The van der Waals surface area contributed by atoms with Gasteiger partial charge in [0.05, 0.1) is 9.30 Å². The van der Waals surface area contributed by atoms with E-state index in [1.807, 2.05) is 10.4 Å². The average Bonchev–Trinajstić information content (AvgIpc) is 2.63. The lowest BCUT2D eigenvalue weighted by Gasteiger charge is -2.24. The van der Waals surface area contributed by atoms with E-state index in [0.717, 1.165) is 6.20 Å². The first-order valence-electron chi connectivity index (χ1n) is 6.17. The standard InChI is InChI=1S/C10H9Cl2N3O5/c11-2-1-10(12)7(18)5(4-16)20-8(10)15-9(19)14-6(17)3-13-15/h3,5,7-8,16,18H,4H2,(H,14,17,19)/t5-,7+,8-,10?/m1/s1/i4D2. The van der Waals surface area contributed by atoms with E-state index in [2.05, 4.69) is 11.0 Å². The number of nitrogens with one attached hydrogen (secondary N) is 1. The van der Waals surface area contributed by atoms with Gasteiger partial charge < -0.3 is 14.9 Å². The number of aliphatic hydroxyl groups is 2. The highest BCUT2D eigenvalue weighted by Gasteiger charge is 2.56. The van der Waals surface area contributed by atoms with Crippen LogP contribution in [-0.2, 0) is 4.74 Å². The van der Waals surface area contributed by atoms with Gasteiger partial charge in [-0.2, -0.15) is 9.78 Å². The molecule has 3 N–H and O–H groups in total. The first-order chi connectivity index (χ1) is 10.1. The SMILES string of the molecule is [2H]C([2H])(O)[C@H]1O[C@@H](n2ncc(=O)[nH]c2=O)C(Cl)(C#CCl)[C@H]1O. The number of nitrogens with zero attached hydrogens (tertiary/aromatic N) is 2. The summed E-state index contributed by atoms with van der Waals surface area (Å²) in [5, 5.41) is 25.0. The van der Waals surface area contributed by atoms with E-state index >= 15 is 0 Å². The minimum absolute atomic E-state index is 0.560. The summed E-state index contributed by atoms with van der Waals surface area (Å²) < 4.78 is 20.2. The highest BCUT2D eigenvalue weighted by molar-refractivity contribution is 6.32. The van der Waals surface area contributed by atoms with E-state index in [0.29, 0.717) is 4.68 Å². The van der Waals surface area contributed by atoms with Gasteiger partial charge >= 0.3 is 5.69 Å². The van der Waals surface area contributed by atoms with Crippen LogP contribution in [0, 0.1) is 11.3 Å². The minimum Gasteiger partial charge on any atom is -0.394 e. The molecule has 0 radical (unpaired) electrons. The molecule has 2 rings (SSSR count). The topological polar surface area (TPSA) is 117 Å². The Morgan fingerprint density at radius 2 is 2.40 bits per heavy atom. The molecule has 0 bridgehead atoms. The smallest absolute Gasteiger partial charge is 0.347 e. The Balaban J connectivity index is 2.59. The summed E-state index contributed by atoms with van der Waals surface area (Å²) in [6, 6.07) is 0. The zero-order chi connectivity index (χ0) is 16.7. The number of hydrogen-bond donors (Lipinski definition) is 3. The maximum Gasteiger partial charge on any atom is 0.347 e. The second-order valence-corrected chi connectivity index (χ2v) is 4.67. The molecule has 108 valence electrons. The maximum absolute atomic E-state index is 11.8. The van der Waals surface area contributed by atoms with Crippen molar-refractivity contribution in [3.8, 4) is 11.3 Å². The predicted molar refractivity (Wildman–Crippen MR) is 68.3 cm³/mol. The van der Waals surface area contributed by atoms with E-state index in [4.69, 9.17) is 30.7 Å². The van der Waals surface area contributed by atoms with E-state index in [1.54, 1.807) is 0 Å². The number of ether oxygens (including phenoxy) is 1. The first kappa shape index (κ1) is 12.4. The molecule has 0 amide bonds. The summed E-state index contributed by atoms with van der Waals surface area (Å²) in [5.74, 6) is 2.20. The fourth-order valence-electron chi connectivity index (χ4n) is 1.75. The van der Waals surface area contributed by atoms with Gasteiger partial charge in [0.1, 0.15) is 18.4 Å². The third-order valence-corrected chi connectivity index (χ3v) is 3.28. The number of hydrogen-bond acceptors (Lipinski definition) is 6. The Hall–Kier alpha value is -1.37. The Labute approximate surface area is 124 Å². The molecule has 0 aliphatic carbocycles. The molecule has 1 fully saturated rings. The highest BCUT2D eigenvalue weighted by Crippen LogP contribution is 2.42. The molecule has 0 saturated carbocycles. The highest BCUT2D eigenvalue weighted by atomic mass is 35.5. The fraction of sp³-hybridized carbons (Fsp3) is 0.500. The fourth-order valence-corrected chi connectivity index (χ4v) is 2.26. The van der Waals surface area contributed by atoms with Crippen molar-refractivity contribution in [1.82, 2.24) is 14.8 Å². The Morgan fingerprint density at radius 1 is 1.70 bits per heavy atom. The second kappa shape index (κ2) is 5.55. The van der Waals surface area contributed by atoms with Gasteiger partial charge in [-0.25, -0.2) is 4.79 Å². The van der Waals surface area contributed by atoms with Crippen molar-refractivity contribution in [3.63, 3.8) is 0 Å². The summed E-state index contributed by atoms with van der Waals surface area (Å²) in [7, 11) is 0. The largest absolute Gasteiger partial charge is 0.394 e. The molecule has 20 heavy (non-hydrogen) atoms. The molecule has 1 aromatic heterocycles. The lowest BCUT2D eigenvalue weighted by molar-refractivity contribution is -0.0514. The van der Waals surface area contributed by atoms with Crippen LogP contribution in [0.3, 0.4) is 0 Å². The van der Waals surface area contributed by atoms with E-state index < -0.39 is 41.1 Å². The first-order valence-corrected chi connectivity index (χ1v) is 5.92. The van der Waals surface area contributed by atoms with Crippen molar-refractivity contribution in [2.75, 3.05) is 6.56 Å². The van der Waals surface area contributed by atoms with Crippen LogP contribution in [0.1, 0.15) is 8.97 Å². The van der Waals surface area contributed by atoms with Crippen LogP contribution in [-0.4, -0.2) is 48.6 Å². The number of aromatic nitrogens is 3. The molecule has 0 aromatic carbocycles. The van der Waals surface area contributed by atoms with Gasteiger partial charge in [0.2, 0.25) is 0 Å². The lowest BCUT2D eigenvalue weighted by Crippen LogP contribution is -2.45. The van der Waals surface area contributed by atoms with Crippen LogP contribution in [0.4, 0.5) is 0 Å². The van der Waals surface area contributed by atoms with Crippen molar-refractivity contribution < 1.29 is 17.7 Å². The maximum atomic E-state index is 11.8. The number of aromatic amines is 1. The van der Waals surface area contributed by atoms with Crippen LogP contribution in [0.2, 0.25) is 0 Å². The molecule has 1 unspecified atom stereocenters. The van der Waals surface area contributed by atoms with Gasteiger partial charge in [-0.05, 0) is 11.6 Å². The van der Waals surface area contributed by atoms with Crippen molar-refractivity contribution in [2.24, 2.45) is 0 Å².